The standard InChI is InChI=1S/C6H14OS2.Bi.3H/c1-2-3-4-5-6(7,8)9;;;;/h7-9H,2-5H2,1H3;;;;. The van der Waals surface area contributed by atoms with E-state index in [9.17, 15) is 0 Å². The van der Waals surface area contributed by atoms with Gasteiger partial charge < -0.3 is 5.11 Å². The first-order valence-electron chi connectivity index (χ1n) is 3.23. The molecule has 0 aliphatic heterocycles. The third-order valence-electron chi connectivity index (χ3n) is 1.12. The van der Waals surface area contributed by atoms with Crippen LogP contribution in [0.3, 0.4) is 0 Å². The molecule has 0 unspecified atom stereocenters. The third kappa shape index (κ3) is 12.2. The van der Waals surface area contributed by atoms with E-state index in [0.717, 1.165) is 19.3 Å². The molecule has 0 atom stereocenters. The fraction of sp³-hybridized carbons (Fsp3) is 1.00. The topological polar surface area (TPSA) is 20.2 Å². The van der Waals surface area contributed by atoms with E-state index in [1.54, 1.807) is 0 Å². The Labute approximate surface area is 92.9 Å². The van der Waals surface area contributed by atoms with E-state index in [2.05, 4.69) is 32.2 Å². The van der Waals surface area contributed by atoms with Crippen molar-refractivity contribution in [3.8, 4) is 0 Å². The predicted octanol–water partition coefficient (Wildman–Crippen LogP) is 0.889. The van der Waals surface area contributed by atoms with Crippen molar-refractivity contribution >= 4 is 51.5 Å². The quantitative estimate of drug-likeness (QED) is 0.287. The molecule has 0 fully saturated rings. The normalized spacial score (nSPS) is 10.8. The van der Waals surface area contributed by atoms with Crippen LogP contribution >= 0.6 is 25.3 Å². The summed E-state index contributed by atoms with van der Waals surface area (Å²) in [4.78, 5) is 0. The van der Waals surface area contributed by atoms with Crippen molar-refractivity contribution in [2.75, 3.05) is 0 Å². The van der Waals surface area contributed by atoms with Crippen molar-refractivity contribution in [1.29, 1.82) is 0 Å². The van der Waals surface area contributed by atoms with Crippen LogP contribution in [-0.4, -0.2) is 35.6 Å². The molecule has 64 valence electrons. The van der Waals surface area contributed by atoms with Gasteiger partial charge in [0.2, 0.25) is 0 Å². The average Bonchev–Trinajstić information content (AvgIpc) is 1.63. The summed E-state index contributed by atoms with van der Waals surface area (Å²) in [5, 5.41) is 8.97. The molecule has 0 aromatic carbocycles. The number of rotatable bonds is 4. The van der Waals surface area contributed by atoms with Gasteiger partial charge in [-0.05, 0) is 12.8 Å². The van der Waals surface area contributed by atoms with E-state index in [1.807, 2.05) is 0 Å². The fourth-order valence-electron chi connectivity index (χ4n) is 0.612. The second-order valence-electron chi connectivity index (χ2n) is 2.23. The summed E-state index contributed by atoms with van der Waals surface area (Å²) in [6, 6.07) is 0. The molecule has 1 nitrogen and oxygen atoms in total. The molecule has 0 amide bonds. The number of hydrogen-bond acceptors (Lipinski definition) is 3. The van der Waals surface area contributed by atoms with Gasteiger partial charge in [-0.25, -0.2) is 0 Å². The molecule has 0 saturated carbocycles. The van der Waals surface area contributed by atoms with E-state index in [4.69, 9.17) is 5.11 Å². The van der Waals surface area contributed by atoms with Gasteiger partial charge in [-0.2, -0.15) is 0 Å². The van der Waals surface area contributed by atoms with Crippen LogP contribution in [0.4, 0.5) is 0 Å². The van der Waals surface area contributed by atoms with Crippen LogP contribution in [0.5, 0.6) is 0 Å². The van der Waals surface area contributed by atoms with Gasteiger partial charge in [-0.1, -0.05) is 19.8 Å². The Morgan fingerprint density at radius 1 is 1.30 bits per heavy atom. The van der Waals surface area contributed by atoms with Crippen LogP contribution in [0, 0.1) is 0 Å². The predicted molar refractivity (Wildman–Crippen MR) is 57.0 cm³/mol. The molecule has 0 aromatic heterocycles. The Bertz CT molecular complexity index is 72.6. The number of thiol groups is 2. The van der Waals surface area contributed by atoms with E-state index in [1.165, 1.54) is 0 Å². The number of unbranched alkanes of at least 4 members (excludes halogenated alkanes) is 2. The molecule has 1 N–H and O–H groups in total. The minimum absolute atomic E-state index is 0. The zero-order chi connectivity index (χ0) is 7.33. The van der Waals surface area contributed by atoms with Crippen molar-refractivity contribution in [2.45, 2.75) is 36.9 Å². The van der Waals surface area contributed by atoms with Crippen LogP contribution in [0.15, 0.2) is 0 Å². The molecule has 0 heterocycles. The van der Waals surface area contributed by atoms with Crippen molar-refractivity contribution < 1.29 is 5.11 Å². The second kappa shape index (κ2) is 7.21. The van der Waals surface area contributed by atoms with Gasteiger partial charge in [0.05, 0.1) is 0 Å². The van der Waals surface area contributed by atoms with E-state index >= 15 is 0 Å². The molecule has 10 heavy (non-hydrogen) atoms. The maximum atomic E-state index is 8.97. The molecule has 0 aliphatic carbocycles. The minimum atomic E-state index is -1.06. The maximum absolute atomic E-state index is 8.97. The van der Waals surface area contributed by atoms with Gasteiger partial charge in [0.1, 0.15) is 0 Å². The Hall–Kier alpha value is 1.54. The molecular formula is C6H17BiOS2. The first-order valence-corrected chi connectivity index (χ1v) is 4.13. The first-order chi connectivity index (χ1) is 4.06. The van der Waals surface area contributed by atoms with Crippen LogP contribution in [0.25, 0.3) is 0 Å². The Balaban J connectivity index is 0. The van der Waals surface area contributed by atoms with Gasteiger partial charge in [0.15, 0.2) is 4.27 Å². The zero-order valence-electron chi connectivity index (χ0n) is 6.38. The first kappa shape index (κ1) is 14.1. The molecule has 0 spiro atoms. The molecular weight excluding hydrogens is 361 g/mol. The zero-order valence-corrected chi connectivity index (χ0v) is 13.7. The molecule has 0 rings (SSSR count). The number of hydrogen-bond donors (Lipinski definition) is 3. The summed E-state index contributed by atoms with van der Waals surface area (Å²) in [5.74, 6) is 0. The Kier molecular flexibility index (Phi) is 10.2. The van der Waals surface area contributed by atoms with Gasteiger partial charge in [-0.15, -0.1) is 25.3 Å². The summed E-state index contributed by atoms with van der Waals surface area (Å²) in [5.41, 5.74) is 0. The van der Waals surface area contributed by atoms with Gasteiger partial charge in [-0.3, -0.25) is 0 Å². The monoisotopic (exact) mass is 378 g/mol. The summed E-state index contributed by atoms with van der Waals surface area (Å²) in [6.45, 7) is 2.12. The van der Waals surface area contributed by atoms with Crippen LogP contribution in [0.1, 0.15) is 32.6 Å². The molecule has 0 aliphatic rings. The summed E-state index contributed by atoms with van der Waals surface area (Å²) in [6.07, 6.45) is 3.97. The van der Waals surface area contributed by atoms with Crippen LogP contribution in [-0.2, 0) is 0 Å². The number of aliphatic hydroxyl groups is 1. The van der Waals surface area contributed by atoms with E-state index in [0.29, 0.717) is 6.42 Å². The third-order valence-corrected chi connectivity index (χ3v) is 1.56. The molecule has 0 radical (unpaired) electrons. The Morgan fingerprint density at radius 3 is 2.10 bits per heavy atom. The second-order valence-corrected chi connectivity index (χ2v) is 4.06. The van der Waals surface area contributed by atoms with Gasteiger partial charge in [0.25, 0.3) is 0 Å². The summed E-state index contributed by atoms with van der Waals surface area (Å²) < 4.78 is -1.06. The molecule has 0 aromatic rings. The summed E-state index contributed by atoms with van der Waals surface area (Å²) >= 11 is 7.69. The van der Waals surface area contributed by atoms with Crippen molar-refractivity contribution in [2.24, 2.45) is 0 Å². The average molecular weight is 378 g/mol. The van der Waals surface area contributed by atoms with Gasteiger partial charge in [0, 0.05) is 0 Å². The van der Waals surface area contributed by atoms with Crippen molar-refractivity contribution in [1.82, 2.24) is 0 Å². The Morgan fingerprint density at radius 2 is 1.80 bits per heavy atom. The summed E-state index contributed by atoms with van der Waals surface area (Å²) in [7, 11) is 0. The molecule has 0 bridgehead atoms. The fourth-order valence-corrected chi connectivity index (χ4v) is 0.928. The molecule has 4 heteroatoms. The van der Waals surface area contributed by atoms with Crippen LogP contribution in [0.2, 0.25) is 0 Å². The van der Waals surface area contributed by atoms with Crippen molar-refractivity contribution in [3.63, 3.8) is 0 Å². The van der Waals surface area contributed by atoms with Gasteiger partial charge >= 0.3 is 26.2 Å². The SMILES string of the molecule is CCCCCC(O)(S)S.[BiH3]. The van der Waals surface area contributed by atoms with Crippen molar-refractivity contribution in [3.05, 3.63) is 0 Å². The molecule has 0 saturated heterocycles. The van der Waals surface area contributed by atoms with E-state index in [-0.39, 0.29) is 26.2 Å². The van der Waals surface area contributed by atoms with E-state index < -0.39 is 4.27 Å². The van der Waals surface area contributed by atoms with Crippen LogP contribution < -0.4 is 0 Å².